The van der Waals surface area contributed by atoms with Crippen LogP contribution >= 0.6 is 0 Å². The van der Waals surface area contributed by atoms with Crippen molar-refractivity contribution in [2.75, 3.05) is 13.2 Å². The van der Waals surface area contributed by atoms with Crippen molar-refractivity contribution >= 4 is 0 Å². The molecule has 0 saturated heterocycles. The fourth-order valence-electron chi connectivity index (χ4n) is 1.40. The molecule has 1 heterocycles. The second-order valence-electron chi connectivity index (χ2n) is 5.07. The molecule has 1 rings (SSSR count). The standard InChI is InChI=1S/C12H23N3O2/c1-6-16-9(2)11-14-10(17-15-11)7-8-13-12(3,4)5/h9,13H,6-8H2,1-5H3. The molecule has 0 aromatic carbocycles. The van der Waals surface area contributed by atoms with E-state index < -0.39 is 0 Å². The number of ether oxygens (including phenoxy) is 1. The molecule has 0 bridgehead atoms. The first-order valence-electron chi connectivity index (χ1n) is 6.11. The highest BCUT2D eigenvalue weighted by Crippen LogP contribution is 2.12. The third-order valence-corrected chi connectivity index (χ3v) is 2.26. The van der Waals surface area contributed by atoms with Gasteiger partial charge in [-0.05, 0) is 34.6 Å². The van der Waals surface area contributed by atoms with E-state index >= 15 is 0 Å². The Morgan fingerprint density at radius 1 is 1.41 bits per heavy atom. The summed E-state index contributed by atoms with van der Waals surface area (Å²) < 4.78 is 10.6. The summed E-state index contributed by atoms with van der Waals surface area (Å²) in [5, 5.41) is 7.29. The summed E-state index contributed by atoms with van der Waals surface area (Å²) in [5.74, 6) is 1.28. The predicted molar refractivity (Wildman–Crippen MR) is 65.8 cm³/mol. The minimum absolute atomic E-state index is 0.104. The molecule has 1 aromatic heterocycles. The zero-order valence-corrected chi connectivity index (χ0v) is 11.4. The van der Waals surface area contributed by atoms with E-state index in [1.165, 1.54) is 0 Å². The maximum absolute atomic E-state index is 5.40. The molecule has 1 N–H and O–H groups in total. The van der Waals surface area contributed by atoms with Crippen LogP contribution in [0.5, 0.6) is 0 Å². The molecule has 0 aliphatic heterocycles. The molecule has 0 aliphatic rings. The van der Waals surface area contributed by atoms with Crippen molar-refractivity contribution in [3.05, 3.63) is 11.7 Å². The summed E-state index contributed by atoms with van der Waals surface area (Å²) in [5.41, 5.74) is 0.113. The van der Waals surface area contributed by atoms with Crippen molar-refractivity contribution in [2.45, 2.75) is 52.7 Å². The molecule has 5 heteroatoms. The Bertz CT molecular complexity index is 331. The number of rotatable bonds is 6. The minimum atomic E-state index is -0.104. The fourth-order valence-corrected chi connectivity index (χ4v) is 1.40. The Morgan fingerprint density at radius 3 is 2.71 bits per heavy atom. The summed E-state index contributed by atoms with van der Waals surface area (Å²) in [6.07, 6.45) is 0.636. The van der Waals surface area contributed by atoms with Crippen LogP contribution in [0.3, 0.4) is 0 Å². The zero-order chi connectivity index (χ0) is 12.9. The van der Waals surface area contributed by atoms with Gasteiger partial charge in [0, 0.05) is 25.1 Å². The van der Waals surface area contributed by atoms with Crippen LogP contribution in [-0.4, -0.2) is 28.8 Å². The van der Waals surface area contributed by atoms with E-state index in [1.54, 1.807) is 0 Å². The van der Waals surface area contributed by atoms with Crippen LogP contribution in [0.4, 0.5) is 0 Å². The average Bonchev–Trinajstić information content (AvgIpc) is 2.65. The van der Waals surface area contributed by atoms with Crippen molar-refractivity contribution in [3.8, 4) is 0 Å². The van der Waals surface area contributed by atoms with E-state index in [2.05, 4.69) is 36.2 Å². The van der Waals surface area contributed by atoms with Crippen LogP contribution < -0.4 is 5.32 Å². The van der Waals surface area contributed by atoms with Gasteiger partial charge in [-0.15, -0.1) is 0 Å². The topological polar surface area (TPSA) is 60.2 Å². The maximum atomic E-state index is 5.40. The third-order valence-electron chi connectivity index (χ3n) is 2.26. The second-order valence-corrected chi connectivity index (χ2v) is 5.07. The predicted octanol–water partition coefficient (Wildman–Crippen LogP) is 2.10. The lowest BCUT2D eigenvalue weighted by Gasteiger charge is -2.19. The smallest absolute Gasteiger partial charge is 0.228 e. The van der Waals surface area contributed by atoms with Crippen molar-refractivity contribution in [2.24, 2.45) is 0 Å². The summed E-state index contributed by atoms with van der Waals surface area (Å²) in [4.78, 5) is 4.31. The quantitative estimate of drug-likeness (QED) is 0.826. The fraction of sp³-hybridized carbons (Fsp3) is 0.833. The Hall–Kier alpha value is -0.940. The van der Waals surface area contributed by atoms with E-state index in [4.69, 9.17) is 9.26 Å². The SMILES string of the molecule is CCOC(C)c1noc(CCNC(C)(C)C)n1. The van der Waals surface area contributed by atoms with Gasteiger partial charge in [-0.2, -0.15) is 4.98 Å². The molecular weight excluding hydrogens is 218 g/mol. The minimum Gasteiger partial charge on any atom is -0.371 e. The Labute approximate surface area is 103 Å². The molecule has 98 valence electrons. The van der Waals surface area contributed by atoms with Gasteiger partial charge in [0.2, 0.25) is 5.89 Å². The van der Waals surface area contributed by atoms with E-state index in [0.717, 1.165) is 13.0 Å². The van der Waals surface area contributed by atoms with Gasteiger partial charge in [0.25, 0.3) is 0 Å². The Kier molecular flexibility index (Phi) is 5.08. The molecular formula is C12H23N3O2. The van der Waals surface area contributed by atoms with Gasteiger partial charge < -0.3 is 14.6 Å². The number of nitrogens with zero attached hydrogens (tertiary/aromatic N) is 2. The van der Waals surface area contributed by atoms with Crippen molar-refractivity contribution < 1.29 is 9.26 Å². The third kappa shape index (κ3) is 5.28. The molecule has 1 unspecified atom stereocenters. The normalized spacial score (nSPS) is 13.9. The largest absolute Gasteiger partial charge is 0.371 e. The lowest BCUT2D eigenvalue weighted by Crippen LogP contribution is -2.37. The summed E-state index contributed by atoms with van der Waals surface area (Å²) in [6.45, 7) is 11.7. The van der Waals surface area contributed by atoms with Gasteiger partial charge in [0.05, 0.1) is 0 Å². The maximum Gasteiger partial charge on any atom is 0.228 e. The first kappa shape index (κ1) is 14.1. The molecule has 0 spiro atoms. The van der Waals surface area contributed by atoms with Crippen molar-refractivity contribution in [1.82, 2.24) is 15.5 Å². The monoisotopic (exact) mass is 241 g/mol. The molecule has 0 fully saturated rings. The molecule has 17 heavy (non-hydrogen) atoms. The molecule has 0 aliphatic carbocycles. The van der Waals surface area contributed by atoms with Crippen LogP contribution in [0, 0.1) is 0 Å². The first-order valence-corrected chi connectivity index (χ1v) is 6.11. The lowest BCUT2D eigenvalue weighted by atomic mass is 10.1. The molecule has 1 aromatic rings. The Balaban J connectivity index is 2.40. The highest BCUT2D eigenvalue weighted by molar-refractivity contribution is 4.90. The Morgan fingerprint density at radius 2 is 2.12 bits per heavy atom. The number of hydrogen-bond donors (Lipinski definition) is 1. The second kappa shape index (κ2) is 6.12. The van der Waals surface area contributed by atoms with E-state index in [1.807, 2.05) is 13.8 Å². The summed E-state index contributed by atoms with van der Waals surface area (Å²) >= 11 is 0. The van der Waals surface area contributed by atoms with Gasteiger partial charge in [0.1, 0.15) is 6.10 Å². The van der Waals surface area contributed by atoms with Gasteiger partial charge in [-0.1, -0.05) is 5.16 Å². The van der Waals surface area contributed by atoms with E-state index in [9.17, 15) is 0 Å². The summed E-state index contributed by atoms with van der Waals surface area (Å²) in [6, 6.07) is 0. The van der Waals surface area contributed by atoms with Crippen LogP contribution in [0.2, 0.25) is 0 Å². The van der Waals surface area contributed by atoms with Crippen molar-refractivity contribution in [3.63, 3.8) is 0 Å². The number of hydrogen-bond acceptors (Lipinski definition) is 5. The van der Waals surface area contributed by atoms with E-state index in [-0.39, 0.29) is 11.6 Å². The zero-order valence-electron chi connectivity index (χ0n) is 11.4. The molecule has 0 saturated carbocycles. The van der Waals surface area contributed by atoms with Crippen molar-refractivity contribution in [1.29, 1.82) is 0 Å². The highest BCUT2D eigenvalue weighted by atomic mass is 16.5. The van der Waals surface area contributed by atoms with E-state index in [0.29, 0.717) is 18.3 Å². The van der Waals surface area contributed by atoms with Crippen LogP contribution in [0.15, 0.2) is 4.52 Å². The first-order chi connectivity index (χ1) is 7.92. The molecule has 0 amide bonds. The van der Waals surface area contributed by atoms with Gasteiger partial charge in [-0.25, -0.2) is 0 Å². The number of nitrogens with one attached hydrogen (secondary N) is 1. The highest BCUT2D eigenvalue weighted by Gasteiger charge is 2.14. The van der Waals surface area contributed by atoms with Crippen LogP contribution in [0.1, 0.15) is 52.4 Å². The van der Waals surface area contributed by atoms with Gasteiger partial charge in [0.15, 0.2) is 5.82 Å². The lowest BCUT2D eigenvalue weighted by molar-refractivity contribution is 0.0683. The van der Waals surface area contributed by atoms with Crippen LogP contribution in [-0.2, 0) is 11.2 Å². The van der Waals surface area contributed by atoms with Crippen LogP contribution in [0.25, 0.3) is 0 Å². The average molecular weight is 241 g/mol. The van der Waals surface area contributed by atoms with Gasteiger partial charge in [-0.3, -0.25) is 0 Å². The number of aromatic nitrogens is 2. The molecule has 5 nitrogen and oxygen atoms in total. The van der Waals surface area contributed by atoms with Gasteiger partial charge >= 0.3 is 0 Å². The molecule has 1 atom stereocenters. The molecule has 0 radical (unpaired) electrons. The summed E-state index contributed by atoms with van der Waals surface area (Å²) in [7, 11) is 0.